The predicted octanol–water partition coefficient (Wildman–Crippen LogP) is 0.788. The van der Waals surface area contributed by atoms with Crippen LogP contribution in [0.1, 0.15) is 31.3 Å². The van der Waals surface area contributed by atoms with Crippen molar-refractivity contribution in [1.82, 2.24) is 21.2 Å². The van der Waals surface area contributed by atoms with Gasteiger partial charge in [-0.1, -0.05) is 29.0 Å². The van der Waals surface area contributed by atoms with Gasteiger partial charge in [0.1, 0.15) is 4.88 Å². The van der Waals surface area contributed by atoms with Gasteiger partial charge < -0.3 is 15.0 Å². The standard InChI is InChI=1S/C19H23N5O4S/c1-12-3-5-14(6-4-12)17(26)20-11-15(25)22-23-18(27)16-13(2)21-19(29-16)24-7-9-28-10-8-24/h3-6H,7-11H2,1-2H3,(H,20,26)(H,22,25)(H,23,27). The Morgan fingerprint density at radius 1 is 1.07 bits per heavy atom. The van der Waals surface area contributed by atoms with Crippen LogP contribution in [0.2, 0.25) is 0 Å². The molecule has 0 bridgehead atoms. The molecule has 10 heteroatoms. The fraction of sp³-hybridized carbons (Fsp3) is 0.368. The lowest BCUT2D eigenvalue weighted by Gasteiger charge is -2.25. The van der Waals surface area contributed by atoms with E-state index in [0.29, 0.717) is 29.3 Å². The average Bonchev–Trinajstić information content (AvgIpc) is 3.13. The smallest absolute Gasteiger partial charge is 0.281 e. The first-order valence-corrected chi connectivity index (χ1v) is 10.00. The summed E-state index contributed by atoms with van der Waals surface area (Å²) in [6, 6.07) is 7.00. The van der Waals surface area contributed by atoms with Gasteiger partial charge in [-0.3, -0.25) is 25.2 Å². The molecule has 0 aliphatic carbocycles. The molecule has 3 N–H and O–H groups in total. The number of anilines is 1. The predicted molar refractivity (Wildman–Crippen MR) is 109 cm³/mol. The Balaban J connectivity index is 1.47. The van der Waals surface area contributed by atoms with Crippen LogP contribution in [-0.4, -0.2) is 55.6 Å². The van der Waals surface area contributed by atoms with Crippen LogP contribution in [0.5, 0.6) is 0 Å². The number of aryl methyl sites for hydroxylation is 2. The van der Waals surface area contributed by atoms with E-state index >= 15 is 0 Å². The van der Waals surface area contributed by atoms with Crippen molar-refractivity contribution in [3.8, 4) is 0 Å². The number of benzene rings is 1. The molecule has 2 heterocycles. The van der Waals surface area contributed by atoms with Gasteiger partial charge in [-0.05, 0) is 26.0 Å². The summed E-state index contributed by atoms with van der Waals surface area (Å²) in [4.78, 5) is 43.3. The Kier molecular flexibility index (Phi) is 6.78. The van der Waals surface area contributed by atoms with E-state index in [1.54, 1.807) is 19.1 Å². The number of nitrogens with one attached hydrogen (secondary N) is 3. The molecule has 0 spiro atoms. The molecule has 1 aromatic carbocycles. The van der Waals surface area contributed by atoms with E-state index in [9.17, 15) is 14.4 Å². The summed E-state index contributed by atoms with van der Waals surface area (Å²) in [5, 5.41) is 3.27. The van der Waals surface area contributed by atoms with Crippen molar-refractivity contribution >= 4 is 34.2 Å². The molecular formula is C19H23N5O4S. The maximum atomic E-state index is 12.4. The third-order valence-electron chi connectivity index (χ3n) is 4.31. The van der Waals surface area contributed by atoms with E-state index in [4.69, 9.17) is 4.74 Å². The highest BCUT2D eigenvalue weighted by Crippen LogP contribution is 2.26. The zero-order chi connectivity index (χ0) is 20.8. The lowest BCUT2D eigenvalue weighted by Crippen LogP contribution is -2.46. The molecule has 1 aliphatic rings. The van der Waals surface area contributed by atoms with E-state index in [0.717, 1.165) is 23.8 Å². The van der Waals surface area contributed by atoms with Crippen LogP contribution in [0.3, 0.4) is 0 Å². The molecule has 0 saturated carbocycles. The first kappa shape index (κ1) is 20.7. The van der Waals surface area contributed by atoms with Gasteiger partial charge in [0.15, 0.2) is 5.13 Å². The highest BCUT2D eigenvalue weighted by molar-refractivity contribution is 7.17. The van der Waals surface area contributed by atoms with Crippen LogP contribution in [0.4, 0.5) is 5.13 Å². The van der Waals surface area contributed by atoms with Crippen molar-refractivity contribution in [1.29, 1.82) is 0 Å². The van der Waals surface area contributed by atoms with E-state index in [-0.39, 0.29) is 12.5 Å². The normalized spacial score (nSPS) is 13.7. The number of rotatable bonds is 5. The molecule has 154 valence electrons. The largest absolute Gasteiger partial charge is 0.378 e. The first-order valence-electron chi connectivity index (χ1n) is 9.18. The lowest BCUT2D eigenvalue weighted by atomic mass is 10.1. The Labute approximate surface area is 172 Å². The van der Waals surface area contributed by atoms with Gasteiger partial charge >= 0.3 is 0 Å². The van der Waals surface area contributed by atoms with Crippen LogP contribution in [0.25, 0.3) is 0 Å². The number of thiazole rings is 1. The number of carbonyl (C=O) groups excluding carboxylic acids is 3. The van der Waals surface area contributed by atoms with Crippen molar-refractivity contribution in [2.75, 3.05) is 37.7 Å². The average molecular weight is 417 g/mol. The molecule has 0 radical (unpaired) electrons. The topological polar surface area (TPSA) is 113 Å². The molecule has 9 nitrogen and oxygen atoms in total. The Morgan fingerprint density at radius 2 is 1.76 bits per heavy atom. The Bertz CT molecular complexity index is 891. The molecule has 1 fully saturated rings. The van der Waals surface area contributed by atoms with Crippen LogP contribution >= 0.6 is 11.3 Å². The van der Waals surface area contributed by atoms with E-state index in [2.05, 4.69) is 26.1 Å². The van der Waals surface area contributed by atoms with Crippen LogP contribution in [0.15, 0.2) is 24.3 Å². The molecular weight excluding hydrogens is 394 g/mol. The summed E-state index contributed by atoms with van der Waals surface area (Å²) in [7, 11) is 0. The highest BCUT2D eigenvalue weighted by Gasteiger charge is 2.20. The van der Waals surface area contributed by atoms with Crippen molar-refractivity contribution in [2.45, 2.75) is 13.8 Å². The maximum Gasteiger partial charge on any atom is 0.281 e. The molecule has 1 aliphatic heterocycles. The van der Waals surface area contributed by atoms with Crippen molar-refractivity contribution in [2.24, 2.45) is 0 Å². The molecule has 1 aromatic heterocycles. The number of ether oxygens (including phenoxy) is 1. The van der Waals surface area contributed by atoms with Crippen LogP contribution in [0, 0.1) is 13.8 Å². The second-order valence-electron chi connectivity index (χ2n) is 6.56. The molecule has 0 unspecified atom stereocenters. The second-order valence-corrected chi connectivity index (χ2v) is 7.54. The highest BCUT2D eigenvalue weighted by atomic mass is 32.1. The minimum absolute atomic E-state index is 0.256. The van der Waals surface area contributed by atoms with E-state index in [1.807, 2.05) is 19.1 Å². The van der Waals surface area contributed by atoms with Gasteiger partial charge in [-0.25, -0.2) is 4.98 Å². The number of hydrazine groups is 1. The van der Waals surface area contributed by atoms with Crippen molar-refractivity contribution < 1.29 is 19.1 Å². The summed E-state index contributed by atoms with van der Waals surface area (Å²) in [6.07, 6.45) is 0. The third kappa shape index (κ3) is 5.52. The zero-order valence-corrected chi connectivity index (χ0v) is 17.1. The lowest BCUT2D eigenvalue weighted by molar-refractivity contribution is -0.120. The number of morpholine rings is 1. The van der Waals surface area contributed by atoms with E-state index < -0.39 is 11.8 Å². The minimum Gasteiger partial charge on any atom is -0.378 e. The van der Waals surface area contributed by atoms with Gasteiger partial charge in [0.2, 0.25) is 0 Å². The summed E-state index contributed by atoms with van der Waals surface area (Å²) < 4.78 is 5.32. The molecule has 0 atom stereocenters. The van der Waals surface area contributed by atoms with Gasteiger partial charge in [-0.15, -0.1) is 0 Å². The fourth-order valence-corrected chi connectivity index (χ4v) is 3.69. The van der Waals surface area contributed by atoms with Gasteiger partial charge in [0.05, 0.1) is 25.5 Å². The molecule has 3 rings (SSSR count). The number of hydrogen-bond acceptors (Lipinski definition) is 7. The SMILES string of the molecule is Cc1ccc(C(=O)NCC(=O)NNC(=O)c2sc(N3CCOCC3)nc2C)cc1. The van der Waals surface area contributed by atoms with Crippen molar-refractivity contribution in [3.05, 3.63) is 46.0 Å². The fourth-order valence-electron chi connectivity index (χ4n) is 2.68. The number of amides is 3. The quantitative estimate of drug-likeness (QED) is 0.620. The number of carbonyl (C=O) groups is 3. The Morgan fingerprint density at radius 3 is 2.45 bits per heavy atom. The van der Waals surface area contributed by atoms with Crippen molar-refractivity contribution in [3.63, 3.8) is 0 Å². The molecule has 1 saturated heterocycles. The molecule has 3 amide bonds. The number of aromatic nitrogens is 1. The Hall–Kier alpha value is -2.98. The van der Waals surface area contributed by atoms with E-state index in [1.165, 1.54) is 11.3 Å². The van der Waals surface area contributed by atoms with Crippen LogP contribution < -0.4 is 21.1 Å². The third-order valence-corrected chi connectivity index (χ3v) is 5.53. The zero-order valence-electron chi connectivity index (χ0n) is 16.3. The van der Waals surface area contributed by atoms with Gasteiger partial charge in [0.25, 0.3) is 17.7 Å². The van der Waals surface area contributed by atoms with Gasteiger partial charge in [-0.2, -0.15) is 0 Å². The second kappa shape index (κ2) is 9.48. The molecule has 29 heavy (non-hydrogen) atoms. The van der Waals surface area contributed by atoms with Gasteiger partial charge in [0, 0.05) is 18.7 Å². The number of nitrogens with zero attached hydrogens (tertiary/aromatic N) is 2. The summed E-state index contributed by atoms with van der Waals surface area (Å²) in [6.45, 7) is 6.13. The van der Waals surface area contributed by atoms with Crippen LogP contribution in [-0.2, 0) is 9.53 Å². The minimum atomic E-state index is -0.533. The molecule has 2 aromatic rings. The monoisotopic (exact) mass is 417 g/mol. The summed E-state index contributed by atoms with van der Waals surface area (Å²) in [5.41, 5.74) is 6.76. The summed E-state index contributed by atoms with van der Waals surface area (Å²) >= 11 is 1.27. The maximum absolute atomic E-state index is 12.4. The first-order chi connectivity index (χ1) is 13.9. The summed E-state index contributed by atoms with van der Waals surface area (Å²) in [5.74, 6) is -1.34. The number of hydrogen-bond donors (Lipinski definition) is 3.